The Balaban J connectivity index is 2.12. The van der Waals surface area contributed by atoms with E-state index in [9.17, 15) is 13.3 Å². The van der Waals surface area contributed by atoms with Crippen molar-refractivity contribution in [3.05, 3.63) is 71.1 Å². The zero-order valence-electron chi connectivity index (χ0n) is 12.8. The third-order valence-corrected chi connectivity index (χ3v) is 7.35. The first-order valence-electron chi connectivity index (χ1n) is 7.78. The molecule has 0 radical (unpaired) electrons. The SMILES string of the molecule is O=NC1CCC(c2ccccc2)(S(=O)(=O)c2ccccc2)CC1. The fourth-order valence-corrected chi connectivity index (χ4v) is 5.64. The van der Waals surface area contributed by atoms with E-state index in [1.54, 1.807) is 30.3 Å². The maximum Gasteiger partial charge on any atom is 0.188 e. The van der Waals surface area contributed by atoms with Gasteiger partial charge in [0.1, 0.15) is 4.75 Å². The fourth-order valence-electron chi connectivity index (χ4n) is 3.45. The average Bonchev–Trinajstić information content (AvgIpc) is 2.63. The second-order valence-electron chi connectivity index (χ2n) is 6.01. The summed E-state index contributed by atoms with van der Waals surface area (Å²) in [5, 5.41) is 3.12. The number of nitroso groups, excluding NO2 is 1. The summed E-state index contributed by atoms with van der Waals surface area (Å²) in [5.41, 5.74) is 0.799. The number of sulfone groups is 1. The number of nitrogens with zero attached hydrogens (tertiary/aromatic N) is 1. The molecule has 2 aromatic carbocycles. The Morgan fingerprint density at radius 3 is 1.91 bits per heavy atom. The highest BCUT2D eigenvalue weighted by Crippen LogP contribution is 2.47. The van der Waals surface area contributed by atoms with Gasteiger partial charge in [0, 0.05) is 0 Å². The van der Waals surface area contributed by atoms with Gasteiger partial charge in [0.15, 0.2) is 9.84 Å². The van der Waals surface area contributed by atoms with E-state index in [4.69, 9.17) is 0 Å². The topological polar surface area (TPSA) is 63.6 Å². The van der Waals surface area contributed by atoms with Crippen molar-refractivity contribution >= 4 is 9.84 Å². The van der Waals surface area contributed by atoms with Crippen molar-refractivity contribution in [2.45, 2.75) is 41.4 Å². The van der Waals surface area contributed by atoms with Crippen LogP contribution in [0.2, 0.25) is 0 Å². The summed E-state index contributed by atoms with van der Waals surface area (Å²) in [6, 6.07) is 17.6. The van der Waals surface area contributed by atoms with Crippen LogP contribution < -0.4 is 0 Å². The van der Waals surface area contributed by atoms with E-state index >= 15 is 0 Å². The van der Waals surface area contributed by atoms with Crippen LogP contribution in [0.3, 0.4) is 0 Å². The van der Waals surface area contributed by atoms with Crippen LogP contribution >= 0.6 is 0 Å². The highest BCUT2D eigenvalue weighted by atomic mass is 32.2. The summed E-state index contributed by atoms with van der Waals surface area (Å²) in [5.74, 6) is 0. The summed E-state index contributed by atoms with van der Waals surface area (Å²) in [6.45, 7) is 0. The number of benzene rings is 2. The molecule has 1 aliphatic carbocycles. The second kappa shape index (κ2) is 6.24. The molecule has 0 atom stereocenters. The molecule has 0 aliphatic heterocycles. The van der Waals surface area contributed by atoms with Crippen LogP contribution in [-0.4, -0.2) is 14.5 Å². The molecule has 4 nitrogen and oxygen atoms in total. The van der Waals surface area contributed by atoms with Crippen molar-refractivity contribution in [3.8, 4) is 0 Å². The maximum absolute atomic E-state index is 13.4. The summed E-state index contributed by atoms with van der Waals surface area (Å²) in [7, 11) is -3.55. The van der Waals surface area contributed by atoms with E-state index in [-0.39, 0.29) is 6.04 Å². The molecule has 0 bridgehead atoms. The molecule has 0 unspecified atom stereocenters. The summed E-state index contributed by atoms with van der Waals surface area (Å²) >= 11 is 0. The lowest BCUT2D eigenvalue weighted by atomic mass is 9.81. The minimum atomic E-state index is -3.55. The predicted molar refractivity (Wildman–Crippen MR) is 89.8 cm³/mol. The third-order valence-electron chi connectivity index (χ3n) is 4.78. The summed E-state index contributed by atoms with van der Waals surface area (Å²) in [4.78, 5) is 11.2. The fraction of sp³-hybridized carbons (Fsp3) is 0.333. The highest BCUT2D eigenvalue weighted by molar-refractivity contribution is 7.92. The van der Waals surface area contributed by atoms with E-state index in [1.807, 2.05) is 30.3 Å². The van der Waals surface area contributed by atoms with Gasteiger partial charge in [-0.2, -0.15) is 4.91 Å². The Morgan fingerprint density at radius 1 is 0.870 bits per heavy atom. The first-order valence-corrected chi connectivity index (χ1v) is 9.26. The van der Waals surface area contributed by atoms with Gasteiger partial charge in [-0.15, -0.1) is 0 Å². The zero-order valence-corrected chi connectivity index (χ0v) is 13.6. The molecule has 0 aromatic heterocycles. The Kier molecular flexibility index (Phi) is 4.31. The zero-order chi connectivity index (χ0) is 16.3. The van der Waals surface area contributed by atoms with Crippen LogP contribution in [0.5, 0.6) is 0 Å². The molecule has 0 N–H and O–H groups in total. The van der Waals surface area contributed by atoms with E-state index in [1.165, 1.54) is 0 Å². The molecule has 1 aliphatic rings. The lowest BCUT2D eigenvalue weighted by Gasteiger charge is -2.38. The molecule has 120 valence electrons. The standard InChI is InChI=1S/C18H19NO3S/c20-19-16-11-13-18(14-12-16,15-7-3-1-4-8-15)23(21,22)17-9-5-2-6-10-17/h1-10,16H,11-14H2. The van der Waals surface area contributed by atoms with E-state index in [0.29, 0.717) is 30.6 Å². The van der Waals surface area contributed by atoms with E-state index in [0.717, 1.165) is 5.56 Å². The number of rotatable bonds is 4. The van der Waals surface area contributed by atoms with Crippen molar-refractivity contribution in [2.75, 3.05) is 0 Å². The molecule has 0 amide bonds. The molecule has 1 fully saturated rings. The normalized spacial score (nSPS) is 25.0. The molecule has 23 heavy (non-hydrogen) atoms. The van der Waals surface area contributed by atoms with Crippen LogP contribution in [0.15, 0.2) is 70.7 Å². The lowest BCUT2D eigenvalue weighted by molar-refractivity contribution is 0.346. The Labute approximate surface area is 136 Å². The van der Waals surface area contributed by atoms with Gasteiger partial charge in [-0.05, 0) is 43.4 Å². The molecule has 3 rings (SSSR count). The van der Waals surface area contributed by atoms with Gasteiger partial charge in [-0.3, -0.25) is 0 Å². The van der Waals surface area contributed by atoms with Gasteiger partial charge in [-0.25, -0.2) is 8.42 Å². The van der Waals surface area contributed by atoms with E-state index in [2.05, 4.69) is 5.18 Å². The molecular weight excluding hydrogens is 310 g/mol. The van der Waals surface area contributed by atoms with Crippen molar-refractivity contribution in [2.24, 2.45) is 5.18 Å². The molecule has 0 heterocycles. The van der Waals surface area contributed by atoms with Gasteiger partial charge < -0.3 is 0 Å². The summed E-state index contributed by atoms with van der Waals surface area (Å²) < 4.78 is 25.8. The molecule has 5 heteroatoms. The van der Waals surface area contributed by atoms with E-state index < -0.39 is 14.6 Å². The quantitative estimate of drug-likeness (QED) is 0.794. The van der Waals surface area contributed by atoms with Crippen molar-refractivity contribution < 1.29 is 8.42 Å². The van der Waals surface area contributed by atoms with Crippen molar-refractivity contribution in [1.82, 2.24) is 0 Å². The second-order valence-corrected chi connectivity index (χ2v) is 8.27. The summed E-state index contributed by atoms with van der Waals surface area (Å²) in [6.07, 6.45) is 1.85. The Bertz CT molecular complexity index is 764. The largest absolute Gasteiger partial charge is 0.223 e. The molecule has 0 spiro atoms. The smallest absolute Gasteiger partial charge is 0.188 e. The molecular formula is C18H19NO3S. The van der Waals surface area contributed by atoms with Gasteiger partial charge in [0.05, 0.1) is 10.9 Å². The molecule has 0 saturated heterocycles. The minimum absolute atomic E-state index is 0.280. The maximum atomic E-state index is 13.4. The van der Waals surface area contributed by atoms with Gasteiger partial charge in [0.25, 0.3) is 0 Å². The van der Waals surface area contributed by atoms with Gasteiger partial charge in [0.2, 0.25) is 0 Å². The monoisotopic (exact) mass is 329 g/mol. The van der Waals surface area contributed by atoms with Crippen LogP contribution in [0.1, 0.15) is 31.2 Å². The van der Waals surface area contributed by atoms with Crippen LogP contribution in [0.25, 0.3) is 0 Å². The predicted octanol–water partition coefficient (Wildman–Crippen LogP) is 4.06. The number of hydrogen-bond acceptors (Lipinski definition) is 4. The third kappa shape index (κ3) is 2.70. The van der Waals surface area contributed by atoms with Gasteiger partial charge >= 0.3 is 0 Å². The lowest BCUT2D eigenvalue weighted by Crippen LogP contribution is -2.40. The van der Waals surface area contributed by atoms with Crippen LogP contribution in [-0.2, 0) is 14.6 Å². The van der Waals surface area contributed by atoms with Gasteiger partial charge in [-0.1, -0.05) is 53.7 Å². The average molecular weight is 329 g/mol. The first kappa shape index (κ1) is 15.9. The Hall–Kier alpha value is -2.01. The van der Waals surface area contributed by atoms with Crippen molar-refractivity contribution in [3.63, 3.8) is 0 Å². The van der Waals surface area contributed by atoms with Crippen LogP contribution in [0, 0.1) is 4.91 Å². The first-order chi connectivity index (χ1) is 11.1. The molecule has 1 saturated carbocycles. The van der Waals surface area contributed by atoms with Crippen molar-refractivity contribution in [1.29, 1.82) is 0 Å². The Morgan fingerprint density at radius 2 is 1.39 bits per heavy atom. The molecule has 2 aromatic rings. The van der Waals surface area contributed by atoms with Crippen LogP contribution in [0.4, 0.5) is 0 Å². The highest BCUT2D eigenvalue weighted by Gasteiger charge is 2.48. The number of hydrogen-bond donors (Lipinski definition) is 0. The minimum Gasteiger partial charge on any atom is -0.223 e.